The molecule has 5 rings (SSSR count). The van der Waals surface area contributed by atoms with Gasteiger partial charge in [0.25, 0.3) is 5.91 Å². The van der Waals surface area contributed by atoms with Gasteiger partial charge >= 0.3 is 0 Å². The summed E-state index contributed by atoms with van der Waals surface area (Å²) in [5, 5.41) is 11.8. The summed E-state index contributed by atoms with van der Waals surface area (Å²) < 4.78 is 5.57. The van der Waals surface area contributed by atoms with Crippen LogP contribution in [-0.2, 0) is 21.0 Å². The van der Waals surface area contributed by atoms with Gasteiger partial charge in [0.2, 0.25) is 5.91 Å². The number of ether oxygens (including phenoxy) is 1. The lowest BCUT2D eigenvalue weighted by Gasteiger charge is -2.29. The number of nitrogens with zero attached hydrogens (tertiary/aromatic N) is 2. The van der Waals surface area contributed by atoms with Crippen LogP contribution >= 0.6 is 0 Å². The van der Waals surface area contributed by atoms with Crippen LogP contribution in [-0.4, -0.2) is 34.5 Å². The van der Waals surface area contributed by atoms with Crippen molar-refractivity contribution in [3.63, 3.8) is 0 Å². The second kappa shape index (κ2) is 8.60. The number of hydroxylamine groups is 1. The smallest absolute Gasteiger partial charge is 0.262 e. The van der Waals surface area contributed by atoms with Crippen LogP contribution in [0.5, 0.6) is 11.5 Å². The predicted octanol–water partition coefficient (Wildman–Crippen LogP) is 3.84. The number of hydrogen-bond donors (Lipinski definition) is 1. The summed E-state index contributed by atoms with van der Waals surface area (Å²) >= 11 is 0. The summed E-state index contributed by atoms with van der Waals surface area (Å²) in [6.45, 7) is 2.42. The maximum atomic E-state index is 13.6. The number of rotatable bonds is 6. The first-order valence-corrected chi connectivity index (χ1v) is 10.9. The van der Waals surface area contributed by atoms with Gasteiger partial charge in [0.15, 0.2) is 17.6 Å². The zero-order valence-electron chi connectivity index (χ0n) is 18.1. The minimum Gasteiger partial charge on any atom is -0.504 e. The molecule has 0 spiro atoms. The van der Waals surface area contributed by atoms with Crippen LogP contribution in [0.1, 0.15) is 24.1 Å². The van der Waals surface area contributed by atoms with Crippen molar-refractivity contribution in [3.05, 3.63) is 90.0 Å². The molecule has 0 bridgehead atoms. The summed E-state index contributed by atoms with van der Waals surface area (Å²) in [5.74, 6) is -1.00. The largest absolute Gasteiger partial charge is 0.504 e. The summed E-state index contributed by atoms with van der Waals surface area (Å²) in [5.41, 5.74) is 2.33. The minimum absolute atomic E-state index is 0.0156. The Kier molecular flexibility index (Phi) is 5.48. The number of amides is 2. The topological polar surface area (TPSA) is 79.3 Å². The molecule has 2 aliphatic rings. The molecule has 3 aromatic rings. The fraction of sp³-hybridized carbons (Fsp3) is 0.231. The van der Waals surface area contributed by atoms with Crippen molar-refractivity contribution in [1.82, 2.24) is 4.90 Å². The monoisotopic (exact) mass is 444 g/mol. The number of phenols is 1. The van der Waals surface area contributed by atoms with Crippen molar-refractivity contribution in [2.24, 2.45) is 5.92 Å². The summed E-state index contributed by atoms with van der Waals surface area (Å²) in [7, 11) is 0. The number of imide groups is 1. The molecule has 0 unspecified atom stereocenters. The molecule has 7 nitrogen and oxygen atoms in total. The predicted molar refractivity (Wildman–Crippen MR) is 121 cm³/mol. The van der Waals surface area contributed by atoms with Gasteiger partial charge in [0.05, 0.1) is 24.9 Å². The van der Waals surface area contributed by atoms with E-state index in [-0.39, 0.29) is 24.1 Å². The normalized spacial score (nSPS) is 22.0. The van der Waals surface area contributed by atoms with Crippen LogP contribution in [0.25, 0.3) is 0 Å². The molecule has 7 heteroatoms. The molecule has 0 aliphatic carbocycles. The fourth-order valence-electron chi connectivity index (χ4n) is 4.52. The molecule has 2 amide bonds. The number of benzene rings is 3. The Labute approximate surface area is 191 Å². The third kappa shape index (κ3) is 3.70. The average molecular weight is 444 g/mol. The average Bonchev–Trinajstić information content (AvgIpc) is 3.34. The fourth-order valence-corrected chi connectivity index (χ4v) is 4.52. The first-order valence-electron chi connectivity index (χ1n) is 10.9. The van der Waals surface area contributed by atoms with Crippen LogP contribution in [0.2, 0.25) is 0 Å². The van der Waals surface area contributed by atoms with E-state index in [9.17, 15) is 14.7 Å². The Balaban J connectivity index is 1.54. The van der Waals surface area contributed by atoms with E-state index >= 15 is 0 Å². The molecule has 0 aromatic heterocycles. The number of anilines is 1. The molecule has 2 aliphatic heterocycles. The number of carbonyl (C=O) groups excluding carboxylic acids is 2. The molecule has 168 valence electrons. The Morgan fingerprint density at radius 1 is 0.939 bits per heavy atom. The molecule has 3 aromatic carbocycles. The van der Waals surface area contributed by atoms with E-state index < -0.39 is 18.1 Å². The van der Waals surface area contributed by atoms with Crippen molar-refractivity contribution in [2.75, 3.05) is 11.7 Å². The van der Waals surface area contributed by atoms with Gasteiger partial charge in [-0.1, -0.05) is 54.6 Å². The molecule has 2 fully saturated rings. The van der Waals surface area contributed by atoms with Crippen LogP contribution < -0.4 is 9.80 Å². The number of carbonyl (C=O) groups is 2. The third-order valence-corrected chi connectivity index (χ3v) is 6.03. The van der Waals surface area contributed by atoms with Gasteiger partial charge in [-0.15, -0.1) is 0 Å². The summed E-state index contributed by atoms with van der Waals surface area (Å²) in [6.07, 6.45) is -0.921. The lowest BCUT2D eigenvalue weighted by Crippen LogP contribution is -2.36. The van der Waals surface area contributed by atoms with E-state index in [1.54, 1.807) is 23.3 Å². The molecule has 0 saturated carbocycles. The molecular formula is C26H24N2O5. The summed E-state index contributed by atoms with van der Waals surface area (Å²) in [4.78, 5) is 34.2. The van der Waals surface area contributed by atoms with Gasteiger partial charge in [0, 0.05) is 0 Å². The first-order chi connectivity index (χ1) is 16.1. The quantitative estimate of drug-likeness (QED) is 0.582. The van der Waals surface area contributed by atoms with Gasteiger partial charge < -0.3 is 9.84 Å². The Bertz CT molecular complexity index is 1170. The number of likely N-dealkylation sites (tertiary alicyclic amines) is 1. The van der Waals surface area contributed by atoms with Gasteiger partial charge in [-0.05, 0) is 42.3 Å². The third-order valence-electron chi connectivity index (χ3n) is 6.03. The highest BCUT2D eigenvalue weighted by molar-refractivity contribution is 6.07. The second-order valence-corrected chi connectivity index (χ2v) is 8.07. The molecule has 33 heavy (non-hydrogen) atoms. The zero-order chi connectivity index (χ0) is 22.9. The van der Waals surface area contributed by atoms with Crippen LogP contribution in [0, 0.1) is 5.92 Å². The van der Waals surface area contributed by atoms with Crippen molar-refractivity contribution in [1.29, 1.82) is 0 Å². The van der Waals surface area contributed by atoms with Crippen LogP contribution in [0.3, 0.4) is 0 Å². The highest BCUT2D eigenvalue weighted by Gasteiger charge is 2.59. The van der Waals surface area contributed by atoms with Crippen molar-refractivity contribution >= 4 is 17.5 Å². The summed E-state index contributed by atoms with van der Waals surface area (Å²) in [6, 6.07) is 23.2. The van der Waals surface area contributed by atoms with E-state index in [2.05, 4.69) is 0 Å². The number of hydrogen-bond acceptors (Lipinski definition) is 6. The molecular weight excluding hydrogens is 420 g/mol. The van der Waals surface area contributed by atoms with Crippen molar-refractivity contribution in [2.45, 2.75) is 25.6 Å². The van der Waals surface area contributed by atoms with Crippen LogP contribution in [0.15, 0.2) is 78.9 Å². The highest BCUT2D eigenvalue weighted by atomic mass is 16.7. The number of para-hydroxylation sites is 1. The number of fused-ring (bicyclic) bond motifs is 1. The van der Waals surface area contributed by atoms with Crippen molar-refractivity contribution < 1.29 is 24.3 Å². The number of aromatic hydroxyl groups is 1. The first kappa shape index (κ1) is 21.0. The lowest BCUT2D eigenvalue weighted by molar-refractivity contribution is -0.143. The van der Waals surface area contributed by atoms with E-state index in [0.29, 0.717) is 12.4 Å². The lowest BCUT2D eigenvalue weighted by atomic mass is 9.90. The maximum Gasteiger partial charge on any atom is 0.262 e. The van der Waals surface area contributed by atoms with Gasteiger partial charge in [-0.3, -0.25) is 19.3 Å². The SMILES string of the molecule is CCOc1cc([C@@H]2[C@H]3C(=O)N(Cc4ccccc4)C(=O)[C@@H]3ON2c2ccccc2)ccc1O. The highest BCUT2D eigenvalue weighted by Crippen LogP contribution is 2.48. The van der Waals surface area contributed by atoms with Crippen LogP contribution in [0.4, 0.5) is 5.69 Å². The molecule has 2 heterocycles. The molecule has 1 N–H and O–H groups in total. The standard InChI is InChI=1S/C26H24N2O5/c1-2-32-21-15-18(13-14-20(21)29)23-22-24(33-28(23)19-11-7-4-8-12-19)26(31)27(25(22)30)16-17-9-5-3-6-10-17/h3-15,22-24,29H,2,16H2,1H3/t22-,23-,24-/m1/s1. The Hall–Kier alpha value is -3.84. The van der Waals surface area contributed by atoms with Crippen molar-refractivity contribution in [3.8, 4) is 11.5 Å². The maximum absolute atomic E-state index is 13.6. The van der Waals surface area contributed by atoms with Gasteiger partial charge in [-0.25, -0.2) is 5.06 Å². The van der Waals surface area contributed by atoms with Gasteiger partial charge in [0.1, 0.15) is 5.92 Å². The number of phenolic OH excluding ortho intramolecular Hbond substituents is 1. The van der Waals surface area contributed by atoms with E-state index in [1.165, 1.54) is 4.90 Å². The Morgan fingerprint density at radius 3 is 2.33 bits per heavy atom. The zero-order valence-corrected chi connectivity index (χ0v) is 18.1. The molecule has 2 saturated heterocycles. The van der Waals surface area contributed by atoms with E-state index in [1.807, 2.05) is 67.6 Å². The Morgan fingerprint density at radius 2 is 1.64 bits per heavy atom. The minimum atomic E-state index is -0.921. The molecule has 0 radical (unpaired) electrons. The van der Waals surface area contributed by atoms with Gasteiger partial charge in [-0.2, -0.15) is 0 Å². The molecule has 3 atom stereocenters. The van der Waals surface area contributed by atoms with E-state index in [4.69, 9.17) is 9.57 Å². The van der Waals surface area contributed by atoms with E-state index in [0.717, 1.165) is 16.8 Å². The second-order valence-electron chi connectivity index (χ2n) is 8.07.